The van der Waals surface area contributed by atoms with Gasteiger partial charge in [0.1, 0.15) is 11.5 Å². The predicted molar refractivity (Wildman–Crippen MR) is 80.7 cm³/mol. The van der Waals surface area contributed by atoms with E-state index in [0.717, 1.165) is 50.7 Å². The molecule has 0 spiro atoms. The van der Waals surface area contributed by atoms with Gasteiger partial charge in [-0.3, -0.25) is 4.90 Å². The minimum absolute atomic E-state index is 0.315. The first-order valence-electron chi connectivity index (χ1n) is 7.78. The van der Waals surface area contributed by atoms with E-state index in [9.17, 15) is 0 Å². The molecule has 1 aromatic heterocycles. The zero-order valence-corrected chi connectivity index (χ0v) is 13.2. The Kier molecular flexibility index (Phi) is 5.64. The third-order valence-corrected chi connectivity index (χ3v) is 4.05. The van der Waals surface area contributed by atoms with Gasteiger partial charge in [0.05, 0.1) is 19.3 Å². The van der Waals surface area contributed by atoms with Gasteiger partial charge in [-0.15, -0.1) is 0 Å². The van der Waals surface area contributed by atoms with E-state index < -0.39 is 0 Å². The van der Waals surface area contributed by atoms with Gasteiger partial charge in [-0.2, -0.15) is 0 Å². The summed E-state index contributed by atoms with van der Waals surface area (Å²) in [5.41, 5.74) is 1.27. The summed E-state index contributed by atoms with van der Waals surface area (Å²) in [5.74, 6) is 2.11. The zero-order valence-electron chi connectivity index (χ0n) is 13.2. The minimum atomic E-state index is 0.315. The summed E-state index contributed by atoms with van der Waals surface area (Å²) in [5, 5.41) is 3.36. The largest absolute Gasteiger partial charge is 0.465 e. The van der Waals surface area contributed by atoms with Crippen LogP contribution in [0.25, 0.3) is 0 Å². The molecule has 0 amide bonds. The van der Waals surface area contributed by atoms with E-state index in [0.29, 0.717) is 12.1 Å². The fourth-order valence-electron chi connectivity index (χ4n) is 2.78. The number of morpholine rings is 1. The van der Waals surface area contributed by atoms with Crippen LogP contribution in [0.1, 0.15) is 44.3 Å². The van der Waals surface area contributed by atoms with Crippen molar-refractivity contribution in [3.63, 3.8) is 0 Å². The molecule has 2 rings (SSSR count). The lowest BCUT2D eigenvalue weighted by molar-refractivity contribution is -0.0611. The van der Waals surface area contributed by atoms with Gasteiger partial charge in [0.15, 0.2) is 0 Å². The molecule has 2 atom stereocenters. The summed E-state index contributed by atoms with van der Waals surface area (Å²) in [6.07, 6.45) is 1.44. The van der Waals surface area contributed by atoms with Gasteiger partial charge in [0.2, 0.25) is 0 Å². The van der Waals surface area contributed by atoms with Crippen molar-refractivity contribution in [2.75, 3.05) is 19.7 Å². The van der Waals surface area contributed by atoms with Crippen molar-refractivity contribution in [2.45, 2.75) is 59.4 Å². The van der Waals surface area contributed by atoms with Crippen LogP contribution >= 0.6 is 0 Å². The second kappa shape index (κ2) is 7.25. The smallest absolute Gasteiger partial charge is 0.118 e. The molecule has 1 N–H and O–H groups in total. The molecule has 1 aliphatic rings. The summed E-state index contributed by atoms with van der Waals surface area (Å²) in [7, 11) is 0. The maximum absolute atomic E-state index is 5.92. The Morgan fingerprint density at radius 3 is 2.90 bits per heavy atom. The Hall–Kier alpha value is -0.840. The van der Waals surface area contributed by atoms with Crippen LogP contribution in [0.5, 0.6) is 0 Å². The number of aryl methyl sites for hydroxylation is 1. The van der Waals surface area contributed by atoms with Crippen molar-refractivity contribution in [1.82, 2.24) is 10.2 Å². The van der Waals surface area contributed by atoms with E-state index in [-0.39, 0.29) is 0 Å². The SMILES string of the molecule is CCNCc1cc(CN2CC(C)OCC2CC)oc1C. The molecular formula is C16H28N2O2. The molecule has 1 saturated heterocycles. The highest BCUT2D eigenvalue weighted by molar-refractivity contribution is 5.20. The quantitative estimate of drug-likeness (QED) is 0.869. The highest BCUT2D eigenvalue weighted by atomic mass is 16.5. The van der Waals surface area contributed by atoms with Crippen molar-refractivity contribution >= 4 is 0 Å². The van der Waals surface area contributed by atoms with Gasteiger partial charge in [-0.1, -0.05) is 13.8 Å². The normalized spacial score (nSPS) is 24.2. The van der Waals surface area contributed by atoms with Crippen molar-refractivity contribution in [3.05, 3.63) is 23.2 Å². The topological polar surface area (TPSA) is 37.6 Å². The van der Waals surface area contributed by atoms with E-state index in [1.165, 1.54) is 5.56 Å². The molecule has 4 heteroatoms. The van der Waals surface area contributed by atoms with E-state index in [4.69, 9.17) is 9.15 Å². The summed E-state index contributed by atoms with van der Waals surface area (Å²) in [4.78, 5) is 2.49. The van der Waals surface area contributed by atoms with Gasteiger partial charge in [0, 0.05) is 24.7 Å². The standard InChI is InChI=1S/C16H28N2O2/c1-5-15-11-19-12(3)9-18(15)10-16-7-14(8-17-6-2)13(4)20-16/h7,12,15,17H,5-6,8-11H2,1-4H3. The van der Waals surface area contributed by atoms with E-state index in [1.54, 1.807) is 0 Å². The molecule has 20 heavy (non-hydrogen) atoms. The number of hydrogen-bond acceptors (Lipinski definition) is 4. The van der Waals surface area contributed by atoms with Gasteiger partial charge >= 0.3 is 0 Å². The first-order chi connectivity index (χ1) is 9.63. The second-order valence-electron chi connectivity index (χ2n) is 5.71. The van der Waals surface area contributed by atoms with E-state index in [2.05, 4.69) is 44.0 Å². The highest BCUT2D eigenvalue weighted by Crippen LogP contribution is 2.21. The third-order valence-electron chi connectivity index (χ3n) is 4.05. The molecule has 0 aliphatic carbocycles. The molecule has 4 nitrogen and oxygen atoms in total. The number of ether oxygens (including phenoxy) is 1. The van der Waals surface area contributed by atoms with Crippen molar-refractivity contribution in [1.29, 1.82) is 0 Å². The average Bonchev–Trinajstić information content (AvgIpc) is 2.77. The van der Waals surface area contributed by atoms with Gasteiger partial charge in [0.25, 0.3) is 0 Å². The van der Waals surface area contributed by atoms with Crippen LogP contribution in [0.2, 0.25) is 0 Å². The summed E-state index contributed by atoms with van der Waals surface area (Å²) < 4.78 is 11.7. The monoisotopic (exact) mass is 280 g/mol. The number of furan rings is 1. The summed E-state index contributed by atoms with van der Waals surface area (Å²) in [6.45, 7) is 13.1. The van der Waals surface area contributed by atoms with Crippen LogP contribution in [0.4, 0.5) is 0 Å². The molecule has 2 heterocycles. The minimum Gasteiger partial charge on any atom is -0.465 e. The van der Waals surface area contributed by atoms with Gasteiger partial charge in [-0.25, -0.2) is 0 Å². The molecule has 0 saturated carbocycles. The summed E-state index contributed by atoms with van der Waals surface area (Å²) >= 11 is 0. The maximum atomic E-state index is 5.92. The Morgan fingerprint density at radius 2 is 2.20 bits per heavy atom. The van der Waals surface area contributed by atoms with Gasteiger partial charge in [-0.05, 0) is 32.9 Å². The third kappa shape index (κ3) is 3.84. The fraction of sp³-hybridized carbons (Fsp3) is 0.750. The number of rotatable bonds is 6. The van der Waals surface area contributed by atoms with Crippen LogP contribution in [0.3, 0.4) is 0 Å². The lowest BCUT2D eigenvalue weighted by atomic mass is 10.1. The van der Waals surface area contributed by atoms with Crippen molar-refractivity contribution in [3.8, 4) is 0 Å². The Bertz CT molecular complexity index is 417. The molecule has 0 bridgehead atoms. The fourth-order valence-corrected chi connectivity index (χ4v) is 2.78. The molecule has 2 unspecified atom stereocenters. The molecule has 1 aromatic rings. The lowest BCUT2D eigenvalue weighted by Gasteiger charge is -2.37. The Morgan fingerprint density at radius 1 is 1.40 bits per heavy atom. The van der Waals surface area contributed by atoms with Crippen LogP contribution in [0, 0.1) is 6.92 Å². The maximum Gasteiger partial charge on any atom is 0.118 e. The number of hydrogen-bond donors (Lipinski definition) is 1. The van der Waals surface area contributed by atoms with Crippen molar-refractivity contribution < 1.29 is 9.15 Å². The molecule has 0 aromatic carbocycles. The Labute approximate surface area is 122 Å². The molecule has 0 radical (unpaired) electrons. The first kappa shape index (κ1) is 15.5. The van der Waals surface area contributed by atoms with Crippen LogP contribution in [-0.2, 0) is 17.8 Å². The molecular weight excluding hydrogens is 252 g/mol. The van der Waals surface area contributed by atoms with Crippen LogP contribution < -0.4 is 5.32 Å². The lowest BCUT2D eigenvalue weighted by Crippen LogP contribution is -2.47. The van der Waals surface area contributed by atoms with Crippen LogP contribution in [0.15, 0.2) is 10.5 Å². The van der Waals surface area contributed by atoms with E-state index >= 15 is 0 Å². The van der Waals surface area contributed by atoms with Crippen LogP contribution in [-0.4, -0.2) is 36.7 Å². The average molecular weight is 280 g/mol. The molecule has 1 aliphatic heterocycles. The Balaban J connectivity index is 2.00. The van der Waals surface area contributed by atoms with E-state index in [1.807, 2.05) is 0 Å². The zero-order chi connectivity index (χ0) is 14.5. The van der Waals surface area contributed by atoms with Crippen molar-refractivity contribution in [2.24, 2.45) is 0 Å². The first-order valence-corrected chi connectivity index (χ1v) is 7.78. The molecule has 114 valence electrons. The second-order valence-corrected chi connectivity index (χ2v) is 5.71. The number of nitrogens with one attached hydrogen (secondary N) is 1. The summed E-state index contributed by atoms with van der Waals surface area (Å²) in [6, 6.07) is 2.71. The highest BCUT2D eigenvalue weighted by Gasteiger charge is 2.26. The van der Waals surface area contributed by atoms with Gasteiger partial charge < -0.3 is 14.5 Å². The molecule has 1 fully saturated rings. The predicted octanol–water partition coefficient (Wildman–Crippen LogP) is 2.70. The number of nitrogens with zero attached hydrogens (tertiary/aromatic N) is 1.